The van der Waals surface area contributed by atoms with Crippen LogP contribution in [0.5, 0.6) is 0 Å². The van der Waals surface area contributed by atoms with Crippen LogP contribution in [0.4, 0.5) is 0 Å². The Hall–Kier alpha value is -2.75. The van der Waals surface area contributed by atoms with Crippen molar-refractivity contribution < 1.29 is 42.9 Å². The number of carbonyl (C=O) groups is 3. The summed E-state index contributed by atoms with van der Waals surface area (Å²) in [6.45, 7) is 4.73. The minimum absolute atomic E-state index is 0.146. The number of aliphatic carboxylic acids is 1. The largest absolute Gasteiger partial charge is 0.545 e. The number of unbranched alkanes of at least 4 members (excludes halogenated alkanes) is 35. The fourth-order valence-electron chi connectivity index (χ4n) is 8.95. The lowest BCUT2D eigenvalue weighted by molar-refractivity contribution is -0.870. The molecule has 0 aliphatic carbocycles. The Balaban J connectivity index is 4.08. The summed E-state index contributed by atoms with van der Waals surface area (Å²) >= 11 is 0. The van der Waals surface area contributed by atoms with Crippen molar-refractivity contribution in [2.75, 3.05) is 47.5 Å². The van der Waals surface area contributed by atoms with E-state index in [2.05, 4.69) is 62.5 Å². The number of carboxylic acid groups (broad SMARTS) is 1. The van der Waals surface area contributed by atoms with Gasteiger partial charge in [-0.1, -0.05) is 249 Å². The molecule has 0 aromatic carbocycles. The number of ether oxygens (including phenoxy) is 4. The molecular formula is C65H119NO8. The van der Waals surface area contributed by atoms with Crippen molar-refractivity contribution in [3.05, 3.63) is 48.6 Å². The first kappa shape index (κ1) is 71.2. The molecule has 0 rings (SSSR count). The third-order valence-electron chi connectivity index (χ3n) is 13.8. The maximum atomic E-state index is 12.9. The molecule has 0 fully saturated rings. The predicted molar refractivity (Wildman–Crippen MR) is 311 cm³/mol. The molecule has 0 radical (unpaired) electrons. The van der Waals surface area contributed by atoms with Gasteiger partial charge in [0, 0.05) is 12.8 Å². The highest BCUT2D eigenvalue weighted by molar-refractivity contribution is 5.70. The van der Waals surface area contributed by atoms with Gasteiger partial charge in [0.25, 0.3) is 0 Å². The Bertz CT molecular complexity index is 1350. The van der Waals surface area contributed by atoms with Crippen molar-refractivity contribution in [3.8, 4) is 0 Å². The average Bonchev–Trinajstić information content (AvgIpc) is 3.37. The number of nitrogens with zero attached hydrogens (tertiary/aromatic N) is 1. The lowest BCUT2D eigenvalue weighted by atomic mass is 10.0. The zero-order valence-electron chi connectivity index (χ0n) is 49.2. The van der Waals surface area contributed by atoms with Crippen LogP contribution in [0, 0.1) is 0 Å². The molecule has 0 aliphatic heterocycles. The van der Waals surface area contributed by atoms with E-state index in [9.17, 15) is 19.5 Å². The second-order valence-corrected chi connectivity index (χ2v) is 22.3. The Morgan fingerprint density at radius 2 is 0.730 bits per heavy atom. The number of allylic oxidation sites excluding steroid dienone is 8. The van der Waals surface area contributed by atoms with Gasteiger partial charge in [-0.3, -0.25) is 9.59 Å². The quantitative estimate of drug-likeness (QED) is 0.0195. The molecule has 432 valence electrons. The zero-order valence-corrected chi connectivity index (χ0v) is 49.2. The number of carboxylic acids is 1. The molecule has 0 aliphatic rings. The van der Waals surface area contributed by atoms with Gasteiger partial charge in [-0.25, -0.2) is 0 Å². The van der Waals surface area contributed by atoms with E-state index in [0.717, 1.165) is 64.2 Å². The maximum absolute atomic E-state index is 12.9. The third kappa shape index (κ3) is 57.0. The van der Waals surface area contributed by atoms with Crippen LogP contribution in [0.3, 0.4) is 0 Å². The van der Waals surface area contributed by atoms with Crippen molar-refractivity contribution in [3.63, 3.8) is 0 Å². The van der Waals surface area contributed by atoms with Crippen molar-refractivity contribution in [1.82, 2.24) is 0 Å². The van der Waals surface area contributed by atoms with E-state index in [1.165, 1.54) is 193 Å². The third-order valence-corrected chi connectivity index (χ3v) is 13.8. The molecule has 0 heterocycles. The number of hydrogen-bond donors (Lipinski definition) is 0. The van der Waals surface area contributed by atoms with Gasteiger partial charge < -0.3 is 33.3 Å². The van der Waals surface area contributed by atoms with Gasteiger partial charge in [0.2, 0.25) is 0 Å². The lowest BCUT2D eigenvalue weighted by Crippen LogP contribution is -2.44. The summed E-state index contributed by atoms with van der Waals surface area (Å²) in [6.07, 6.45) is 67.5. The molecular weight excluding hydrogens is 923 g/mol. The summed E-state index contributed by atoms with van der Waals surface area (Å²) in [5.74, 6) is -2.29. The van der Waals surface area contributed by atoms with Crippen molar-refractivity contribution >= 4 is 17.9 Å². The van der Waals surface area contributed by atoms with E-state index in [1.807, 2.05) is 21.1 Å². The van der Waals surface area contributed by atoms with Crippen LogP contribution in [0.1, 0.15) is 290 Å². The highest BCUT2D eigenvalue weighted by Gasteiger charge is 2.22. The number of esters is 2. The number of likely N-dealkylation sites (N-methyl/N-ethyl adjacent to an activating group) is 1. The van der Waals surface area contributed by atoms with Gasteiger partial charge in [-0.2, -0.15) is 0 Å². The number of quaternary nitrogens is 1. The Morgan fingerprint density at radius 3 is 1.08 bits per heavy atom. The molecule has 74 heavy (non-hydrogen) atoms. The molecule has 0 saturated carbocycles. The van der Waals surface area contributed by atoms with Crippen LogP contribution in [-0.2, 0) is 33.3 Å². The Kier molecular flexibility index (Phi) is 54.4. The van der Waals surface area contributed by atoms with Gasteiger partial charge >= 0.3 is 11.9 Å². The van der Waals surface area contributed by atoms with Crippen LogP contribution < -0.4 is 5.11 Å². The molecule has 0 amide bonds. The van der Waals surface area contributed by atoms with E-state index in [-0.39, 0.29) is 38.6 Å². The lowest BCUT2D eigenvalue weighted by Gasteiger charge is -2.26. The monoisotopic (exact) mass is 1040 g/mol. The average molecular weight is 1040 g/mol. The molecule has 0 aromatic heterocycles. The first-order valence-electron chi connectivity index (χ1n) is 31.3. The molecule has 0 N–H and O–H groups in total. The summed E-state index contributed by atoms with van der Waals surface area (Å²) in [6, 6.07) is 0. The maximum Gasteiger partial charge on any atom is 0.306 e. The van der Waals surface area contributed by atoms with Crippen LogP contribution in [0.2, 0.25) is 0 Å². The molecule has 0 bridgehead atoms. The molecule has 0 saturated heterocycles. The molecule has 9 nitrogen and oxygen atoms in total. The van der Waals surface area contributed by atoms with Crippen LogP contribution >= 0.6 is 0 Å². The summed E-state index contributed by atoms with van der Waals surface area (Å²) in [4.78, 5) is 37.3. The number of hydrogen-bond acceptors (Lipinski definition) is 8. The highest BCUT2D eigenvalue weighted by Crippen LogP contribution is 2.17. The SMILES string of the molecule is CCCCCC/C=C\C/C=C\CCCCCCCC(=O)OCC(COC(OCC[N+](C)(C)C)C(=O)[O-])OC(=O)CCCCCCCCCCCCCCCCCCCCCCC/C=C\C/C=C\CCCCCCC. The first-order chi connectivity index (χ1) is 36.1. The fourth-order valence-corrected chi connectivity index (χ4v) is 8.95. The Labute approximate surface area is 457 Å². The second-order valence-electron chi connectivity index (χ2n) is 22.3. The fraction of sp³-hybridized carbons (Fsp3) is 0.831. The van der Waals surface area contributed by atoms with E-state index < -0.39 is 24.3 Å². The van der Waals surface area contributed by atoms with Crippen LogP contribution in [0.25, 0.3) is 0 Å². The van der Waals surface area contributed by atoms with E-state index >= 15 is 0 Å². The van der Waals surface area contributed by atoms with Crippen molar-refractivity contribution in [2.24, 2.45) is 0 Å². The minimum Gasteiger partial charge on any atom is -0.545 e. The predicted octanol–water partition coefficient (Wildman–Crippen LogP) is 17.3. The molecule has 0 aromatic rings. The van der Waals surface area contributed by atoms with Crippen LogP contribution in [-0.4, -0.2) is 82.3 Å². The summed E-state index contributed by atoms with van der Waals surface area (Å²) in [5, 5.41) is 11.8. The topological polar surface area (TPSA) is 111 Å². The second kappa shape index (κ2) is 56.5. The standard InChI is InChI=1S/C65H119NO8/c1-6-8-10-12-14-16-18-20-22-24-25-26-27-28-29-30-31-32-33-34-35-36-37-38-39-40-42-44-46-48-50-52-54-56-63(68)74-61(60-73-65(64(69)70)71-58-57-66(3,4)5)59-72-62(67)55-53-51-49-47-45-43-41-23-21-19-17-15-13-11-9-7-2/h17-20,23-25,41,61,65H,6-16,21-22,26-40,42-60H2,1-5H3/b19-17-,20-18-,25-24-,41-23-. The van der Waals surface area contributed by atoms with Gasteiger partial charge in [0.1, 0.15) is 13.2 Å². The van der Waals surface area contributed by atoms with Gasteiger partial charge in [-0.15, -0.1) is 0 Å². The van der Waals surface area contributed by atoms with Crippen LogP contribution in [0.15, 0.2) is 48.6 Å². The van der Waals surface area contributed by atoms with E-state index in [1.54, 1.807) is 0 Å². The van der Waals surface area contributed by atoms with Crippen molar-refractivity contribution in [1.29, 1.82) is 0 Å². The zero-order chi connectivity index (χ0) is 54.1. The molecule has 2 atom stereocenters. The Morgan fingerprint density at radius 1 is 0.405 bits per heavy atom. The van der Waals surface area contributed by atoms with E-state index in [0.29, 0.717) is 17.4 Å². The molecule has 2 unspecified atom stereocenters. The smallest absolute Gasteiger partial charge is 0.306 e. The van der Waals surface area contributed by atoms with Gasteiger partial charge in [0.05, 0.1) is 40.3 Å². The van der Waals surface area contributed by atoms with Crippen molar-refractivity contribution in [2.45, 2.75) is 302 Å². The normalized spacial score (nSPS) is 13.0. The molecule has 9 heteroatoms. The summed E-state index contributed by atoms with van der Waals surface area (Å²) in [7, 11) is 5.92. The van der Waals surface area contributed by atoms with E-state index in [4.69, 9.17) is 18.9 Å². The summed E-state index contributed by atoms with van der Waals surface area (Å²) in [5.41, 5.74) is 0. The number of carbonyl (C=O) groups excluding carboxylic acids is 3. The first-order valence-corrected chi connectivity index (χ1v) is 31.3. The summed E-state index contributed by atoms with van der Waals surface area (Å²) < 4.78 is 22.7. The molecule has 0 spiro atoms. The van der Waals surface area contributed by atoms with Gasteiger partial charge in [-0.05, 0) is 77.0 Å². The minimum atomic E-state index is -1.62. The number of rotatable bonds is 58. The van der Waals surface area contributed by atoms with Gasteiger partial charge in [0.15, 0.2) is 12.4 Å². The highest BCUT2D eigenvalue weighted by atomic mass is 16.7.